The van der Waals surface area contributed by atoms with Crippen molar-refractivity contribution in [2.45, 2.75) is 6.92 Å². The molecule has 0 heterocycles. The molecule has 11 heavy (non-hydrogen) atoms. The van der Waals surface area contributed by atoms with Crippen LogP contribution in [-0.2, 0) is 4.74 Å². The Kier molecular flexibility index (Phi) is 4.04. The third-order valence-electron chi connectivity index (χ3n) is 0.865. The molecule has 0 aliphatic heterocycles. The summed E-state index contributed by atoms with van der Waals surface area (Å²) in [6, 6.07) is -0.690. The molecule has 7 heteroatoms. The van der Waals surface area contributed by atoms with Crippen molar-refractivity contribution in [3.05, 3.63) is 0 Å². The van der Waals surface area contributed by atoms with Crippen molar-refractivity contribution >= 4 is 22.5 Å². The van der Waals surface area contributed by atoms with Gasteiger partial charge in [-0.15, -0.1) is 0 Å². The number of amides is 3. The lowest BCUT2D eigenvalue weighted by Gasteiger charge is -2.15. The van der Waals surface area contributed by atoms with Gasteiger partial charge in [-0.1, -0.05) is 0 Å². The molecule has 0 aromatic carbocycles. The summed E-state index contributed by atoms with van der Waals surface area (Å²) < 4.78 is 5.46. The predicted molar refractivity (Wildman–Crippen MR) is 41.5 cm³/mol. The summed E-state index contributed by atoms with van der Waals surface area (Å²) >= 11 is 0. The number of nitrogens with zero attached hydrogens (tertiary/aromatic N) is 1. The first-order valence-corrected chi connectivity index (χ1v) is 3.94. The SMILES string of the molecule is CCOC(=O)NN([SiH3])C(N)=O. The number of primary amides is 1. The Bertz CT molecular complexity index is 163. The summed E-state index contributed by atoms with van der Waals surface area (Å²) in [5, 5.41) is 0. The zero-order chi connectivity index (χ0) is 8.85. The van der Waals surface area contributed by atoms with Gasteiger partial charge in [0.05, 0.1) is 6.61 Å². The fraction of sp³-hybridized carbons (Fsp3) is 0.500. The van der Waals surface area contributed by atoms with Crippen molar-refractivity contribution in [3.8, 4) is 0 Å². The van der Waals surface area contributed by atoms with E-state index >= 15 is 0 Å². The van der Waals surface area contributed by atoms with E-state index in [0.717, 1.165) is 4.67 Å². The van der Waals surface area contributed by atoms with E-state index in [1.807, 2.05) is 0 Å². The summed E-state index contributed by atoms with van der Waals surface area (Å²) in [6.45, 7) is 1.93. The minimum atomic E-state index is -0.690. The zero-order valence-corrected chi connectivity index (χ0v) is 8.46. The van der Waals surface area contributed by atoms with E-state index in [1.165, 1.54) is 0 Å². The first kappa shape index (κ1) is 9.76. The molecule has 3 N–H and O–H groups in total. The minimum Gasteiger partial charge on any atom is -0.449 e. The molecule has 0 spiro atoms. The maximum absolute atomic E-state index is 10.6. The standard InChI is InChI=1S/C4H11N3O3Si/c1-2-10-4(9)6-7(11)3(5)8/h2H2,1,11H3,(H2,5,8)(H,6,9). The molecule has 0 aliphatic carbocycles. The monoisotopic (exact) mass is 177 g/mol. The number of urea groups is 1. The third-order valence-corrected chi connectivity index (χ3v) is 1.53. The number of hydrazine groups is 1. The van der Waals surface area contributed by atoms with Gasteiger partial charge < -0.3 is 10.5 Å². The number of ether oxygens (including phenoxy) is 1. The van der Waals surface area contributed by atoms with Gasteiger partial charge in [0.25, 0.3) is 0 Å². The number of nitrogens with one attached hydrogen (secondary N) is 1. The molecule has 0 atom stereocenters. The fourth-order valence-electron chi connectivity index (χ4n) is 0.355. The first-order chi connectivity index (χ1) is 5.07. The molecule has 0 aromatic heterocycles. The van der Waals surface area contributed by atoms with Crippen LogP contribution in [0.3, 0.4) is 0 Å². The molecular weight excluding hydrogens is 166 g/mol. The number of carbonyl (C=O) groups excluding carboxylic acids is 2. The Morgan fingerprint density at radius 3 is 2.64 bits per heavy atom. The summed E-state index contributed by atoms with van der Waals surface area (Å²) in [7, 11) is 0.325. The van der Waals surface area contributed by atoms with Gasteiger partial charge in [-0.2, -0.15) is 0 Å². The minimum absolute atomic E-state index is 0.264. The topological polar surface area (TPSA) is 84.7 Å². The highest BCUT2D eigenvalue weighted by molar-refractivity contribution is 6.13. The van der Waals surface area contributed by atoms with E-state index in [0.29, 0.717) is 10.4 Å². The highest BCUT2D eigenvalue weighted by atomic mass is 28.2. The molecule has 64 valence electrons. The lowest BCUT2D eigenvalue weighted by atomic mass is 10.9. The average Bonchev–Trinajstić information content (AvgIpc) is 1.87. The molecular formula is C4H11N3O3Si. The molecule has 0 saturated heterocycles. The Balaban J connectivity index is 3.66. The molecule has 0 aliphatic rings. The lowest BCUT2D eigenvalue weighted by molar-refractivity contribution is 0.136. The highest BCUT2D eigenvalue weighted by Crippen LogP contribution is 1.78. The molecule has 3 amide bonds. The molecule has 0 aromatic rings. The average molecular weight is 177 g/mol. The Morgan fingerprint density at radius 2 is 2.27 bits per heavy atom. The molecule has 0 fully saturated rings. The van der Waals surface area contributed by atoms with Crippen molar-refractivity contribution in [1.82, 2.24) is 10.1 Å². The van der Waals surface area contributed by atoms with Crippen molar-refractivity contribution in [1.29, 1.82) is 0 Å². The normalized spacial score (nSPS) is 8.82. The van der Waals surface area contributed by atoms with E-state index in [9.17, 15) is 9.59 Å². The number of carbonyl (C=O) groups is 2. The van der Waals surface area contributed by atoms with E-state index < -0.39 is 12.1 Å². The van der Waals surface area contributed by atoms with Gasteiger partial charge in [0.1, 0.15) is 10.4 Å². The second-order valence-electron chi connectivity index (χ2n) is 1.73. The quantitative estimate of drug-likeness (QED) is 0.370. The van der Waals surface area contributed by atoms with Crippen LogP contribution in [0.25, 0.3) is 0 Å². The van der Waals surface area contributed by atoms with Crippen LogP contribution in [0.4, 0.5) is 9.59 Å². The summed E-state index contributed by atoms with van der Waals surface area (Å²) in [4.78, 5) is 20.9. The van der Waals surface area contributed by atoms with E-state index in [4.69, 9.17) is 5.73 Å². The maximum Gasteiger partial charge on any atom is 0.425 e. The smallest absolute Gasteiger partial charge is 0.425 e. The van der Waals surface area contributed by atoms with Crippen LogP contribution in [0.2, 0.25) is 0 Å². The van der Waals surface area contributed by atoms with Gasteiger partial charge in [-0.25, -0.2) is 15.0 Å². The Morgan fingerprint density at radius 1 is 1.73 bits per heavy atom. The summed E-state index contributed by atoms with van der Waals surface area (Å²) in [6.07, 6.45) is -0.665. The second-order valence-corrected chi connectivity index (χ2v) is 2.62. The zero-order valence-electron chi connectivity index (χ0n) is 6.46. The number of rotatable bonds is 1. The number of nitrogens with two attached hydrogens (primary N) is 1. The summed E-state index contributed by atoms with van der Waals surface area (Å²) in [5.74, 6) is 0. The van der Waals surface area contributed by atoms with Crippen molar-refractivity contribution in [2.75, 3.05) is 6.61 Å². The van der Waals surface area contributed by atoms with Crippen LogP contribution in [0.1, 0.15) is 6.92 Å². The van der Waals surface area contributed by atoms with Crippen LogP contribution in [0.15, 0.2) is 0 Å². The summed E-state index contributed by atoms with van der Waals surface area (Å²) in [5.41, 5.74) is 6.97. The van der Waals surface area contributed by atoms with Crippen LogP contribution < -0.4 is 11.2 Å². The number of hydrogen-bond donors (Lipinski definition) is 2. The molecule has 0 unspecified atom stereocenters. The van der Waals surface area contributed by atoms with E-state index in [1.54, 1.807) is 6.92 Å². The lowest BCUT2D eigenvalue weighted by Crippen LogP contribution is -2.47. The van der Waals surface area contributed by atoms with Gasteiger partial charge in [0, 0.05) is 0 Å². The van der Waals surface area contributed by atoms with Crippen LogP contribution in [-0.4, -0.2) is 33.8 Å². The van der Waals surface area contributed by atoms with Crippen LogP contribution >= 0.6 is 0 Å². The predicted octanol–water partition coefficient (Wildman–Crippen LogP) is -1.69. The Hall–Kier alpha value is -1.24. The first-order valence-electron chi connectivity index (χ1n) is 3.04. The van der Waals surface area contributed by atoms with Crippen LogP contribution in [0.5, 0.6) is 0 Å². The van der Waals surface area contributed by atoms with Gasteiger partial charge in [-0.05, 0) is 6.92 Å². The number of hydrogen-bond acceptors (Lipinski definition) is 3. The largest absolute Gasteiger partial charge is 0.449 e. The highest BCUT2D eigenvalue weighted by Gasteiger charge is 2.06. The molecule has 0 saturated carbocycles. The van der Waals surface area contributed by atoms with Gasteiger partial charge in [-0.3, -0.25) is 4.67 Å². The van der Waals surface area contributed by atoms with E-state index in [2.05, 4.69) is 10.2 Å². The third kappa shape index (κ3) is 4.20. The van der Waals surface area contributed by atoms with E-state index in [-0.39, 0.29) is 6.61 Å². The van der Waals surface area contributed by atoms with Crippen molar-refractivity contribution in [3.63, 3.8) is 0 Å². The second kappa shape index (κ2) is 4.55. The van der Waals surface area contributed by atoms with Gasteiger partial charge >= 0.3 is 12.1 Å². The van der Waals surface area contributed by atoms with Gasteiger partial charge in [0.2, 0.25) is 0 Å². The molecule has 6 nitrogen and oxygen atoms in total. The molecule has 0 bridgehead atoms. The van der Waals surface area contributed by atoms with Crippen LogP contribution in [0, 0.1) is 0 Å². The Labute approximate surface area is 67.1 Å². The van der Waals surface area contributed by atoms with Gasteiger partial charge in [0.15, 0.2) is 0 Å². The fourth-order valence-corrected chi connectivity index (χ4v) is 0.538. The maximum atomic E-state index is 10.6. The molecule has 0 radical (unpaired) electrons. The van der Waals surface area contributed by atoms with Crippen molar-refractivity contribution in [2.24, 2.45) is 5.73 Å². The molecule has 0 rings (SSSR count). The van der Waals surface area contributed by atoms with Crippen molar-refractivity contribution < 1.29 is 14.3 Å².